The third-order valence-corrected chi connectivity index (χ3v) is 5.63. The third-order valence-electron chi connectivity index (χ3n) is 4.35. The summed E-state index contributed by atoms with van der Waals surface area (Å²) >= 11 is 1.39. The van der Waals surface area contributed by atoms with Crippen molar-refractivity contribution in [1.29, 1.82) is 0 Å². The molecule has 9 heteroatoms. The van der Waals surface area contributed by atoms with Gasteiger partial charge in [0.1, 0.15) is 17.2 Å². The molecule has 1 aromatic heterocycles. The van der Waals surface area contributed by atoms with Crippen molar-refractivity contribution in [2.75, 3.05) is 17.7 Å². The fourth-order valence-corrected chi connectivity index (χ4v) is 4.46. The number of amides is 2. The molecule has 1 saturated heterocycles. The van der Waals surface area contributed by atoms with E-state index in [-0.39, 0.29) is 11.7 Å². The van der Waals surface area contributed by atoms with Gasteiger partial charge in [-0.05, 0) is 31.2 Å². The number of nitrogens with zero attached hydrogens (tertiary/aromatic N) is 1. The van der Waals surface area contributed by atoms with E-state index in [1.54, 1.807) is 36.4 Å². The first kappa shape index (κ1) is 20.7. The van der Waals surface area contributed by atoms with Gasteiger partial charge in [0.25, 0.3) is 5.91 Å². The Morgan fingerprint density at radius 2 is 1.93 bits per heavy atom. The van der Waals surface area contributed by atoms with Gasteiger partial charge in [0, 0.05) is 18.2 Å². The Balaban J connectivity index is 1.61. The molecule has 1 aliphatic heterocycles. The molecule has 1 aromatic carbocycles. The first-order valence-corrected chi connectivity index (χ1v) is 9.93. The number of Topliss-reactive ketones (excluding diaryl/α,β-unsaturated/α-hetero) is 1. The number of benzene rings is 1. The molecule has 2 aromatic rings. The van der Waals surface area contributed by atoms with Gasteiger partial charge >= 0.3 is 5.97 Å². The molecule has 0 unspecified atom stereocenters. The number of ketones is 1. The van der Waals surface area contributed by atoms with Crippen molar-refractivity contribution < 1.29 is 28.3 Å². The van der Waals surface area contributed by atoms with Crippen LogP contribution in [-0.2, 0) is 19.1 Å². The predicted octanol–water partition coefficient (Wildman–Crippen LogP) is 2.63. The molecule has 1 aliphatic rings. The number of para-hydroxylation sites is 1. The Morgan fingerprint density at radius 1 is 1.17 bits per heavy atom. The Bertz CT molecular complexity index is 927. The molecule has 0 radical (unpaired) electrons. The van der Waals surface area contributed by atoms with Gasteiger partial charge in [-0.1, -0.05) is 12.1 Å². The molecule has 0 aliphatic carbocycles. The molecule has 2 heterocycles. The monoisotopic (exact) mass is 416 g/mol. The van der Waals surface area contributed by atoms with Gasteiger partial charge in [-0.3, -0.25) is 14.4 Å². The number of hydrogen-bond donors (Lipinski definition) is 1. The van der Waals surface area contributed by atoms with Gasteiger partial charge < -0.3 is 19.4 Å². The van der Waals surface area contributed by atoms with Crippen molar-refractivity contribution in [3.63, 3.8) is 0 Å². The van der Waals surface area contributed by atoms with Gasteiger partial charge in [-0.25, -0.2) is 4.79 Å². The summed E-state index contributed by atoms with van der Waals surface area (Å²) in [6.45, 7) is 2.24. The van der Waals surface area contributed by atoms with Crippen molar-refractivity contribution in [2.45, 2.75) is 25.3 Å². The Labute approximate surface area is 171 Å². The summed E-state index contributed by atoms with van der Waals surface area (Å²) in [6, 6.07) is 9.20. The molecule has 0 saturated carbocycles. The number of anilines is 1. The first-order valence-electron chi connectivity index (χ1n) is 8.89. The van der Waals surface area contributed by atoms with E-state index < -0.39 is 29.9 Å². The van der Waals surface area contributed by atoms with Crippen LogP contribution in [0.3, 0.4) is 0 Å². The number of furan rings is 1. The summed E-state index contributed by atoms with van der Waals surface area (Å²) < 4.78 is 10.5. The zero-order valence-corrected chi connectivity index (χ0v) is 16.7. The lowest BCUT2D eigenvalue weighted by Gasteiger charge is -2.25. The molecule has 8 nitrogen and oxygen atoms in total. The van der Waals surface area contributed by atoms with Crippen LogP contribution in [-0.4, -0.2) is 46.9 Å². The summed E-state index contributed by atoms with van der Waals surface area (Å²) in [5.41, 5.74) is 0.712. The summed E-state index contributed by atoms with van der Waals surface area (Å²) in [7, 11) is 0. The highest BCUT2D eigenvalue weighted by atomic mass is 32.2. The molecule has 0 bridgehead atoms. The van der Waals surface area contributed by atoms with Crippen LogP contribution < -0.4 is 5.32 Å². The van der Waals surface area contributed by atoms with Crippen molar-refractivity contribution >= 4 is 41.0 Å². The maximum absolute atomic E-state index is 12.5. The van der Waals surface area contributed by atoms with Crippen LogP contribution in [0.5, 0.6) is 0 Å². The molecule has 2 amide bonds. The van der Waals surface area contributed by atoms with Crippen molar-refractivity contribution in [1.82, 2.24) is 4.90 Å². The van der Waals surface area contributed by atoms with E-state index >= 15 is 0 Å². The van der Waals surface area contributed by atoms with E-state index in [4.69, 9.17) is 9.15 Å². The zero-order valence-electron chi connectivity index (χ0n) is 15.9. The van der Waals surface area contributed by atoms with Crippen molar-refractivity contribution in [3.8, 4) is 0 Å². The van der Waals surface area contributed by atoms with Crippen LogP contribution in [0, 0.1) is 0 Å². The smallest absolute Gasteiger partial charge is 0.330 e. The van der Waals surface area contributed by atoms with Gasteiger partial charge in [0.15, 0.2) is 12.4 Å². The number of rotatable bonds is 6. The van der Waals surface area contributed by atoms with Crippen LogP contribution >= 0.6 is 11.8 Å². The van der Waals surface area contributed by atoms with E-state index in [0.717, 1.165) is 0 Å². The number of carbonyl (C=O) groups is 4. The van der Waals surface area contributed by atoms with E-state index in [9.17, 15) is 19.2 Å². The predicted molar refractivity (Wildman–Crippen MR) is 106 cm³/mol. The fourth-order valence-electron chi connectivity index (χ4n) is 3.04. The van der Waals surface area contributed by atoms with Crippen LogP contribution in [0.15, 0.2) is 47.1 Å². The minimum atomic E-state index is -0.815. The molecule has 0 spiro atoms. The number of esters is 1. The topological polar surface area (TPSA) is 106 Å². The maximum Gasteiger partial charge on any atom is 0.330 e. The standard InChI is InChI=1S/C20H20N2O6S/c1-12(23)14-6-3-4-7-15(14)21-18(25)10-28-20(26)16-11-29-19(22(16)13(2)24)17-8-5-9-27-17/h3-9,16,19H,10-11H2,1-2H3,(H,21,25)/t16-,19+/m0/s1. The van der Waals surface area contributed by atoms with Crippen LogP contribution in [0.4, 0.5) is 5.69 Å². The quantitative estimate of drug-likeness (QED) is 0.570. The van der Waals surface area contributed by atoms with E-state index in [1.807, 2.05) is 0 Å². The minimum absolute atomic E-state index is 0.193. The van der Waals surface area contributed by atoms with Gasteiger partial charge in [-0.2, -0.15) is 0 Å². The lowest BCUT2D eigenvalue weighted by Crippen LogP contribution is -2.43. The van der Waals surface area contributed by atoms with E-state index in [0.29, 0.717) is 22.8 Å². The Kier molecular flexibility index (Phi) is 6.38. The molecule has 2 atom stereocenters. The number of nitrogens with one attached hydrogen (secondary N) is 1. The third kappa shape index (κ3) is 4.68. The molecular weight excluding hydrogens is 396 g/mol. The lowest BCUT2D eigenvalue weighted by atomic mass is 10.1. The van der Waals surface area contributed by atoms with Crippen molar-refractivity contribution in [2.24, 2.45) is 0 Å². The second kappa shape index (κ2) is 8.95. The van der Waals surface area contributed by atoms with Crippen LogP contribution in [0.2, 0.25) is 0 Å². The average molecular weight is 416 g/mol. The van der Waals surface area contributed by atoms with E-state index in [1.165, 1.54) is 36.8 Å². The average Bonchev–Trinajstić information content (AvgIpc) is 3.35. The van der Waals surface area contributed by atoms with Crippen LogP contribution in [0.1, 0.15) is 35.3 Å². The van der Waals surface area contributed by atoms with Crippen LogP contribution in [0.25, 0.3) is 0 Å². The number of hydrogen-bond acceptors (Lipinski definition) is 7. The van der Waals surface area contributed by atoms with Gasteiger partial charge in [0.05, 0.1) is 12.0 Å². The highest BCUT2D eigenvalue weighted by Gasteiger charge is 2.43. The molecule has 1 fully saturated rings. The number of carbonyl (C=O) groups excluding carboxylic acids is 4. The summed E-state index contributed by atoms with van der Waals surface area (Å²) in [4.78, 5) is 49.8. The largest absolute Gasteiger partial charge is 0.466 e. The van der Waals surface area contributed by atoms with Gasteiger partial charge in [0.2, 0.25) is 5.91 Å². The second-order valence-electron chi connectivity index (χ2n) is 6.40. The zero-order chi connectivity index (χ0) is 21.0. The number of thioether (sulfide) groups is 1. The maximum atomic E-state index is 12.5. The number of ether oxygens (including phenoxy) is 1. The SMILES string of the molecule is CC(=O)c1ccccc1NC(=O)COC(=O)[C@@H]1CS[C@H](c2ccco2)N1C(C)=O. The molecular formula is C20H20N2O6S. The molecule has 3 rings (SSSR count). The molecule has 152 valence electrons. The van der Waals surface area contributed by atoms with E-state index in [2.05, 4.69) is 5.32 Å². The fraction of sp³-hybridized carbons (Fsp3) is 0.300. The van der Waals surface area contributed by atoms with Crippen molar-refractivity contribution in [3.05, 3.63) is 54.0 Å². The summed E-state index contributed by atoms with van der Waals surface area (Å²) in [5.74, 6) is -0.830. The normalized spacial score (nSPS) is 18.3. The molecule has 1 N–H and O–H groups in total. The summed E-state index contributed by atoms with van der Waals surface area (Å²) in [5, 5.41) is 2.15. The Morgan fingerprint density at radius 3 is 2.59 bits per heavy atom. The molecule has 29 heavy (non-hydrogen) atoms. The lowest BCUT2D eigenvalue weighted by molar-refractivity contribution is -0.155. The first-order chi connectivity index (χ1) is 13.9. The minimum Gasteiger partial charge on any atom is -0.466 e. The second-order valence-corrected chi connectivity index (χ2v) is 7.51. The summed E-state index contributed by atoms with van der Waals surface area (Å²) in [6.07, 6.45) is 1.50. The Hall–Kier alpha value is -3.07. The highest BCUT2D eigenvalue weighted by molar-refractivity contribution is 7.99. The van der Waals surface area contributed by atoms with Gasteiger partial charge in [-0.15, -0.1) is 11.8 Å². The highest BCUT2D eigenvalue weighted by Crippen LogP contribution is 2.41.